The van der Waals surface area contributed by atoms with E-state index in [0.29, 0.717) is 30.0 Å². The molecule has 4 aromatic heterocycles. The van der Waals surface area contributed by atoms with Gasteiger partial charge in [-0.05, 0) is 37.3 Å². The summed E-state index contributed by atoms with van der Waals surface area (Å²) in [5, 5.41) is 10.9. The van der Waals surface area contributed by atoms with E-state index in [1.165, 1.54) is 10.8 Å². The molecule has 1 aromatic carbocycles. The molecule has 208 valence electrons. The molecule has 7 rings (SSSR count). The molecule has 0 aliphatic carbocycles. The Hall–Kier alpha value is -4.72. The summed E-state index contributed by atoms with van der Waals surface area (Å²) in [5.41, 5.74) is 9.84. The van der Waals surface area contributed by atoms with Gasteiger partial charge in [0.15, 0.2) is 21.3 Å². The first-order chi connectivity index (χ1) is 19.8. The predicted molar refractivity (Wildman–Crippen MR) is 148 cm³/mol. The van der Waals surface area contributed by atoms with Gasteiger partial charge in [0.1, 0.15) is 17.0 Å². The number of nitrogens with one attached hydrogen (secondary N) is 1. The van der Waals surface area contributed by atoms with E-state index in [0.717, 1.165) is 35.8 Å². The quantitative estimate of drug-likeness (QED) is 0.319. The molecule has 2 bridgehead atoms. The number of nitrogen functional groups attached to an aromatic ring is 1. The van der Waals surface area contributed by atoms with Crippen LogP contribution in [-0.2, 0) is 9.84 Å². The molecule has 5 aromatic rings. The molecule has 0 saturated carbocycles. The summed E-state index contributed by atoms with van der Waals surface area (Å²) < 4.78 is 27.5. The summed E-state index contributed by atoms with van der Waals surface area (Å²) in [5.74, 6) is 0.449. The van der Waals surface area contributed by atoms with Gasteiger partial charge in [-0.15, -0.1) is 0 Å². The third-order valence-corrected chi connectivity index (χ3v) is 9.19. The summed E-state index contributed by atoms with van der Waals surface area (Å²) in [7, 11) is -3.74. The number of piperidine rings is 1. The molecule has 6 heterocycles. The third-order valence-electron chi connectivity index (χ3n) is 8.03. The maximum atomic E-state index is 13.1. The highest BCUT2D eigenvalue weighted by molar-refractivity contribution is 7.91. The molecular formula is C27H26N10O3S. The number of anilines is 1. The summed E-state index contributed by atoms with van der Waals surface area (Å²) >= 11 is 0. The highest BCUT2D eigenvalue weighted by Crippen LogP contribution is 2.45. The lowest BCUT2D eigenvalue weighted by atomic mass is 9.87. The van der Waals surface area contributed by atoms with Crippen molar-refractivity contribution in [2.45, 2.75) is 48.6 Å². The van der Waals surface area contributed by atoms with E-state index in [1.807, 2.05) is 29.2 Å². The number of sulfone groups is 1. The number of nitrogens with two attached hydrogens (primary N) is 1. The van der Waals surface area contributed by atoms with E-state index in [4.69, 9.17) is 10.7 Å². The normalized spacial score (nSPS) is 20.5. The number of benzene rings is 1. The highest BCUT2D eigenvalue weighted by Gasteiger charge is 2.46. The SMILES string of the molecule is CS(=O)(=O)c1c(C2CC3CCC(C2)N3C(=O)c2ncn[nH]2)nc2c(-c3ccc(-c4ncccn4)cc3)cnn2c1N. The van der Waals surface area contributed by atoms with Crippen LogP contribution in [0.25, 0.3) is 28.2 Å². The van der Waals surface area contributed by atoms with Crippen LogP contribution in [0.3, 0.4) is 0 Å². The molecule has 3 N–H and O–H groups in total. The maximum Gasteiger partial charge on any atom is 0.291 e. The van der Waals surface area contributed by atoms with Gasteiger partial charge in [0.25, 0.3) is 5.91 Å². The second-order valence-electron chi connectivity index (χ2n) is 10.5. The Balaban J connectivity index is 1.29. The average Bonchev–Trinajstić information content (AvgIpc) is 3.71. The number of rotatable bonds is 5. The Morgan fingerprint density at radius 2 is 1.71 bits per heavy atom. The molecule has 2 aliphatic rings. The second kappa shape index (κ2) is 9.44. The summed E-state index contributed by atoms with van der Waals surface area (Å²) in [6.07, 6.45) is 10.3. The Morgan fingerprint density at radius 1 is 1.02 bits per heavy atom. The Bertz CT molecular complexity index is 1860. The largest absolute Gasteiger partial charge is 0.382 e. The van der Waals surface area contributed by atoms with Gasteiger partial charge in [0, 0.05) is 47.8 Å². The van der Waals surface area contributed by atoms with Crippen molar-refractivity contribution in [3.63, 3.8) is 0 Å². The zero-order valence-corrected chi connectivity index (χ0v) is 22.9. The molecule has 0 spiro atoms. The minimum absolute atomic E-state index is 0.00404. The van der Waals surface area contributed by atoms with Crippen molar-refractivity contribution in [2.75, 3.05) is 12.0 Å². The third kappa shape index (κ3) is 4.22. The van der Waals surface area contributed by atoms with Gasteiger partial charge in [-0.25, -0.2) is 28.4 Å². The Labute approximate surface area is 234 Å². The number of carbonyl (C=O) groups is 1. The monoisotopic (exact) mass is 570 g/mol. The molecule has 2 atom stereocenters. The van der Waals surface area contributed by atoms with Gasteiger partial charge < -0.3 is 10.6 Å². The van der Waals surface area contributed by atoms with Crippen molar-refractivity contribution in [3.8, 4) is 22.5 Å². The Morgan fingerprint density at radius 3 is 2.34 bits per heavy atom. The first kappa shape index (κ1) is 25.3. The molecule has 41 heavy (non-hydrogen) atoms. The van der Waals surface area contributed by atoms with Gasteiger partial charge in [-0.3, -0.25) is 9.89 Å². The smallest absolute Gasteiger partial charge is 0.291 e. The lowest BCUT2D eigenvalue weighted by molar-refractivity contribution is 0.0556. The number of fused-ring (bicyclic) bond motifs is 3. The van der Waals surface area contributed by atoms with Crippen molar-refractivity contribution in [1.29, 1.82) is 0 Å². The Kier molecular flexibility index (Phi) is 5.81. The molecule has 1 amide bonds. The topological polar surface area (TPSA) is 178 Å². The van der Waals surface area contributed by atoms with Crippen molar-refractivity contribution >= 4 is 27.2 Å². The van der Waals surface area contributed by atoms with Crippen LogP contribution in [0.1, 0.15) is 47.9 Å². The van der Waals surface area contributed by atoms with Crippen LogP contribution in [0, 0.1) is 0 Å². The van der Waals surface area contributed by atoms with Gasteiger partial charge in [0.2, 0.25) is 5.82 Å². The standard InChI is InChI=1S/C27H26N10O3S/c1-41(39,40)22-21(17-11-18-7-8-19(12-17)36(18)27(38)25-31-14-32-35-25)34-26-20(13-33-37(26)23(22)28)15-3-5-16(6-4-15)24-29-9-2-10-30-24/h2-6,9-10,13-14,17-19H,7-8,11-12,28H2,1H3,(H,31,32,35). The number of hydrogen-bond acceptors (Lipinski definition) is 10. The minimum atomic E-state index is -3.74. The van der Waals surface area contributed by atoms with Crippen LogP contribution in [-0.4, -0.2) is 77.3 Å². The number of aromatic nitrogens is 8. The summed E-state index contributed by atoms with van der Waals surface area (Å²) in [4.78, 5) is 32.6. The average molecular weight is 571 g/mol. The fraction of sp³-hybridized carbons (Fsp3) is 0.296. The lowest BCUT2D eigenvalue weighted by Crippen LogP contribution is -2.46. The molecule has 0 radical (unpaired) electrons. The maximum absolute atomic E-state index is 13.1. The molecule has 13 nitrogen and oxygen atoms in total. The summed E-state index contributed by atoms with van der Waals surface area (Å²) in [6, 6.07) is 9.32. The first-order valence-electron chi connectivity index (χ1n) is 13.2. The van der Waals surface area contributed by atoms with Crippen molar-refractivity contribution in [3.05, 3.63) is 66.8 Å². The predicted octanol–water partition coefficient (Wildman–Crippen LogP) is 2.51. The molecule has 2 unspecified atom stereocenters. The zero-order valence-electron chi connectivity index (χ0n) is 22.0. The van der Waals surface area contributed by atoms with Gasteiger partial charge in [0.05, 0.1) is 11.9 Å². The van der Waals surface area contributed by atoms with E-state index < -0.39 is 9.84 Å². The number of amides is 1. The van der Waals surface area contributed by atoms with Crippen LogP contribution in [0.5, 0.6) is 0 Å². The number of carbonyl (C=O) groups excluding carboxylic acids is 1. The highest BCUT2D eigenvalue weighted by atomic mass is 32.2. The zero-order chi connectivity index (χ0) is 28.3. The van der Waals surface area contributed by atoms with Crippen molar-refractivity contribution in [2.24, 2.45) is 0 Å². The van der Waals surface area contributed by atoms with Gasteiger partial charge in [-0.2, -0.15) is 14.7 Å². The number of hydrogen-bond donors (Lipinski definition) is 2. The first-order valence-corrected chi connectivity index (χ1v) is 15.1. The van der Waals surface area contributed by atoms with Crippen molar-refractivity contribution in [1.82, 2.24) is 44.6 Å². The van der Waals surface area contributed by atoms with Crippen LogP contribution in [0.4, 0.5) is 5.82 Å². The van der Waals surface area contributed by atoms with Crippen LogP contribution < -0.4 is 5.73 Å². The van der Waals surface area contributed by atoms with Crippen LogP contribution in [0.2, 0.25) is 0 Å². The molecule has 14 heteroatoms. The fourth-order valence-corrected chi connectivity index (χ4v) is 7.35. The number of aromatic amines is 1. The van der Waals surface area contributed by atoms with Crippen LogP contribution in [0.15, 0.2) is 60.1 Å². The molecular weight excluding hydrogens is 544 g/mol. The molecule has 2 aliphatic heterocycles. The summed E-state index contributed by atoms with van der Waals surface area (Å²) in [6.45, 7) is 0. The fourth-order valence-electron chi connectivity index (χ4n) is 6.29. The van der Waals surface area contributed by atoms with Crippen LogP contribution >= 0.6 is 0 Å². The van der Waals surface area contributed by atoms with Crippen molar-refractivity contribution < 1.29 is 13.2 Å². The lowest BCUT2D eigenvalue weighted by Gasteiger charge is -2.38. The second-order valence-corrected chi connectivity index (χ2v) is 12.5. The molecule has 2 fully saturated rings. The van der Waals surface area contributed by atoms with E-state index in [-0.39, 0.29) is 40.4 Å². The van der Waals surface area contributed by atoms with Gasteiger partial charge >= 0.3 is 0 Å². The van der Waals surface area contributed by atoms with Gasteiger partial charge in [-0.1, -0.05) is 24.3 Å². The number of nitrogens with zero attached hydrogens (tertiary/aromatic N) is 8. The van der Waals surface area contributed by atoms with E-state index >= 15 is 0 Å². The van der Waals surface area contributed by atoms with E-state index in [2.05, 4.69) is 30.2 Å². The van der Waals surface area contributed by atoms with E-state index in [9.17, 15) is 13.2 Å². The molecule has 2 saturated heterocycles. The minimum Gasteiger partial charge on any atom is -0.382 e. The van der Waals surface area contributed by atoms with E-state index in [1.54, 1.807) is 24.7 Å². The number of H-pyrrole nitrogens is 1.